The number of esters is 1. The average Bonchev–Trinajstić information content (AvgIpc) is 3.46. The maximum atomic E-state index is 13.0. The number of carbonyl (C=O) groups excluding carboxylic acids is 2. The van der Waals surface area contributed by atoms with Gasteiger partial charge in [-0.15, -0.1) is 11.3 Å². The van der Waals surface area contributed by atoms with Crippen LogP contribution in [0.2, 0.25) is 0 Å². The maximum absolute atomic E-state index is 13.0. The fraction of sp³-hybridized carbons (Fsp3) is 0.296. The summed E-state index contributed by atoms with van der Waals surface area (Å²) >= 11 is 1.30. The topological polar surface area (TPSA) is 92.3 Å². The molecule has 0 bridgehead atoms. The first-order valence-corrected chi connectivity index (χ1v) is 12.4. The molecule has 1 amide bonds. The van der Waals surface area contributed by atoms with Crippen molar-refractivity contribution in [1.82, 2.24) is 0 Å². The molecule has 0 aliphatic heterocycles. The molecule has 2 heterocycles. The van der Waals surface area contributed by atoms with Crippen LogP contribution < -0.4 is 5.32 Å². The number of thiophene rings is 1. The lowest BCUT2D eigenvalue weighted by Gasteiger charge is -2.18. The standard InChI is InChI=1S/C27H23F3N2O4S/c1-3-35-26(34)23-20-9-7-15(2)11-22(20)37-25(23)32-24(33)17(14-31)13-19-8-10-21(36-19)16-5-4-6-18(12-16)27(28,29)30/h4-6,8,10,12-13,15H,3,7,9,11H2,1-2H3,(H,32,33)/b17-13+. The summed E-state index contributed by atoms with van der Waals surface area (Å²) in [6.07, 6.45) is -0.902. The van der Waals surface area contributed by atoms with Crippen LogP contribution in [-0.2, 0) is 28.5 Å². The minimum Gasteiger partial charge on any atom is -0.462 e. The van der Waals surface area contributed by atoms with Crippen molar-refractivity contribution < 1.29 is 31.9 Å². The van der Waals surface area contributed by atoms with Gasteiger partial charge in [-0.1, -0.05) is 19.1 Å². The highest BCUT2D eigenvalue weighted by Gasteiger charge is 2.31. The molecule has 1 aromatic carbocycles. The number of fused-ring (bicyclic) bond motifs is 1. The van der Waals surface area contributed by atoms with Crippen molar-refractivity contribution in [3.8, 4) is 17.4 Å². The van der Waals surface area contributed by atoms with Gasteiger partial charge in [-0.2, -0.15) is 18.4 Å². The molecule has 0 saturated heterocycles. The summed E-state index contributed by atoms with van der Waals surface area (Å²) in [4.78, 5) is 26.7. The SMILES string of the molecule is CCOC(=O)c1c(NC(=O)/C(C#N)=C/c2ccc(-c3cccc(C(F)(F)F)c3)o2)sc2c1CCC(C)C2. The highest BCUT2D eigenvalue weighted by atomic mass is 32.1. The Morgan fingerprint density at radius 2 is 2.08 bits per heavy atom. The first kappa shape index (κ1) is 26.2. The molecule has 1 aliphatic rings. The van der Waals surface area contributed by atoms with Crippen molar-refractivity contribution in [2.75, 3.05) is 11.9 Å². The number of hydrogen-bond donors (Lipinski definition) is 1. The number of anilines is 1. The molecule has 192 valence electrons. The van der Waals surface area contributed by atoms with Crippen LogP contribution in [0.5, 0.6) is 0 Å². The smallest absolute Gasteiger partial charge is 0.416 e. The van der Waals surface area contributed by atoms with Gasteiger partial charge in [-0.05, 0) is 61.9 Å². The Morgan fingerprint density at radius 3 is 2.78 bits per heavy atom. The van der Waals surface area contributed by atoms with E-state index < -0.39 is 23.6 Å². The van der Waals surface area contributed by atoms with Gasteiger partial charge in [0, 0.05) is 16.5 Å². The largest absolute Gasteiger partial charge is 0.462 e. The van der Waals surface area contributed by atoms with Crippen molar-refractivity contribution in [3.63, 3.8) is 0 Å². The summed E-state index contributed by atoms with van der Waals surface area (Å²) in [5, 5.41) is 12.6. The number of halogens is 3. The van der Waals surface area contributed by atoms with E-state index in [-0.39, 0.29) is 29.3 Å². The number of nitrogens with zero attached hydrogens (tertiary/aromatic N) is 1. The van der Waals surface area contributed by atoms with Crippen molar-refractivity contribution in [2.45, 2.75) is 39.3 Å². The van der Waals surface area contributed by atoms with Crippen LogP contribution >= 0.6 is 11.3 Å². The number of rotatable bonds is 6. The summed E-state index contributed by atoms with van der Waals surface area (Å²) in [7, 11) is 0. The summed E-state index contributed by atoms with van der Waals surface area (Å²) in [5.74, 6) is -0.547. The molecule has 2 aromatic heterocycles. The molecule has 3 aromatic rings. The second kappa shape index (κ2) is 10.6. The van der Waals surface area contributed by atoms with E-state index >= 15 is 0 Å². The van der Waals surface area contributed by atoms with E-state index in [4.69, 9.17) is 9.15 Å². The van der Waals surface area contributed by atoms with Crippen molar-refractivity contribution >= 4 is 34.3 Å². The lowest BCUT2D eigenvalue weighted by molar-refractivity contribution is -0.137. The number of furan rings is 1. The Bertz CT molecular complexity index is 1410. The Labute approximate surface area is 215 Å². The number of ether oxygens (including phenoxy) is 1. The van der Waals surface area contributed by atoms with Gasteiger partial charge in [0.2, 0.25) is 0 Å². The molecule has 1 aliphatic carbocycles. The number of nitrogens with one attached hydrogen (secondary N) is 1. The van der Waals surface area contributed by atoms with Crippen molar-refractivity contribution in [1.29, 1.82) is 5.26 Å². The van der Waals surface area contributed by atoms with Crippen LogP contribution in [-0.4, -0.2) is 18.5 Å². The minimum absolute atomic E-state index is 0.115. The Kier molecular flexibility index (Phi) is 7.55. The molecule has 0 saturated carbocycles. The number of alkyl halides is 3. The van der Waals surface area contributed by atoms with Gasteiger partial charge in [0.1, 0.15) is 28.2 Å². The molecular formula is C27H23F3N2O4S. The van der Waals surface area contributed by atoms with Crippen LogP contribution in [0, 0.1) is 17.2 Å². The second-order valence-electron chi connectivity index (χ2n) is 8.68. The van der Waals surface area contributed by atoms with Gasteiger partial charge in [0.15, 0.2) is 0 Å². The molecule has 1 atom stereocenters. The van der Waals surface area contributed by atoms with Gasteiger partial charge in [-0.25, -0.2) is 4.79 Å². The summed E-state index contributed by atoms with van der Waals surface area (Å²) in [5.41, 5.74) is 0.288. The first-order chi connectivity index (χ1) is 17.6. The van der Waals surface area contributed by atoms with Gasteiger partial charge < -0.3 is 14.5 Å². The fourth-order valence-corrected chi connectivity index (χ4v) is 5.55. The predicted octanol–water partition coefficient (Wildman–Crippen LogP) is 6.87. The molecule has 37 heavy (non-hydrogen) atoms. The zero-order chi connectivity index (χ0) is 26.7. The highest BCUT2D eigenvalue weighted by Crippen LogP contribution is 2.40. The highest BCUT2D eigenvalue weighted by molar-refractivity contribution is 7.17. The van der Waals surface area contributed by atoms with E-state index in [1.807, 2.05) is 6.07 Å². The van der Waals surface area contributed by atoms with E-state index in [0.29, 0.717) is 22.9 Å². The van der Waals surface area contributed by atoms with Crippen LogP contribution in [0.1, 0.15) is 52.4 Å². The first-order valence-electron chi connectivity index (χ1n) is 11.6. The van der Waals surface area contributed by atoms with E-state index in [2.05, 4.69) is 12.2 Å². The second-order valence-corrected chi connectivity index (χ2v) is 9.79. The molecule has 0 fully saturated rings. The molecule has 10 heteroatoms. The molecule has 1 N–H and O–H groups in total. The lowest BCUT2D eigenvalue weighted by Crippen LogP contribution is -2.17. The number of hydrogen-bond acceptors (Lipinski definition) is 6. The van der Waals surface area contributed by atoms with Gasteiger partial charge in [-0.3, -0.25) is 4.79 Å². The minimum atomic E-state index is -4.50. The van der Waals surface area contributed by atoms with Gasteiger partial charge >= 0.3 is 12.1 Å². The van der Waals surface area contributed by atoms with Crippen molar-refractivity contribution in [2.24, 2.45) is 5.92 Å². The predicted molar refractivity (Wildman–Crippen MR) is 133 cm³/mol. The van der Waals surface area contributed by atoms with Crippen LogP contribution in [0.3, 0.4) is 0 Å². The summed E-state index contributed by atoms with van der Waals surface area (Å²) in [6.45, 7) is 4.01. The van der Waals surface area contributed by atoms with E-state index in [0.717, 1.165) is 35.4 Å². The molecular weight excluding hydrogens is 505 g/mol. The Hall–Kier alpha value is -3.84. The van der Waals surface area contributed by atoms with E-state index in [9.17, 15) is 28.0 Å². The summed E-state index contributed by atoms with van der Waals surface area (Å²) in [6, 6.07) is 9.39. The molecule has 4 rings (SSSR count). The van der Waals surface area contributed by atoms with Crippen LogP contribution in [0.25, 0.3) is 17.4 Å². The third-order valence-electron chi connectivity index (χ3n) is 5.97. The molecule has 0 spiro atoms. The normalized spacial score (nSPS) is 15.6. The zero-order valence-electron chi connectivity index (χ0n) is 20.1. The van der Waals surface area contributed by atoms with Crippen LogP contribution in [0.4, 0.5) is 18.2 Å². The maximum Gasteiger partial charge on any atom is 0.416 e. The third kappa shape index (κ3) is 5.78. The quantitative estimate of drug-likeness (QED) is 0.214. The monoisotopic (exact) mass is 528 g/mol. The van der Waals surface area contributed by atoms with Gasteiger partial charge in [0.25, 0.3) is 5.91 Å². The third-order valence-corrected chi connectivity index (χ3v) is 7.14. The zero-order valence-corrected chi connectivity index (χ0v) is 20.9. The number of benzene rings is 1. The van der Waals surface area contributed by atoms with Gasteiger partial charge in [0.05, 0.1) is 17.7 Å². The van der Waals surface area contributed by atoms with Crippen molar-refractivity contribution in [3.05, 3.63) is 69.3 Å². The number of nitriles is 1. The molecule has 6 nitrogen and oxygen atoms in total. The molecule has 0 radical (unpaired) electrons. The molecule has 1 unspecified atom stereocenters. The Balaban J connectivity index is 1.59. The van der Waals surface area contributed by atoms with Crippen LogP contribution in [0.15, 0.2) is 46.4 Å². The lowest BCUT2D eigenvalue weighted by atomic mass is 9.88. The van der Waals surface area contributed by atoms with E-state index in [1.165, 1.54) is 41.7 Å². The number of amides is 1. The fourth-order valence-electron chi connectivity index (χ4n) is 4.15. The Morgan fingerprint density at radius 1 is 1.30 bits per heavy atom. The van der Waals surface area contributed by atoms with E-state index in [1.54, 1.807) is 6.92 Å². The summed E-state index contributed by atoms with van der Waals surface area (Å²) < 4.78 is 49.9. The number of carbonyl (C=O) groups is 2. The average molecular weight is 529 g/mol.